The highest BCUT2D eigenvalue weighted by atomic mass is 16.6. The van der Waals surface area contributed by atoms with Crippen LogP contribution in [0.25, 0.3) is 17.0 Å². The first-order valence-corrected chi connectivity index (χ1v) is 14.6. The van der Waals surface area contributed by atoms with E-state index in [0.29, 0.717) is 17.7 Å². The van der Waals surface area contributed by atoms with E-state index in [0.717, 1.165) is 37.2 Å². The molecule has 6 rings (SSSR count). The van der Waals surface area contributed by atoms with Crippen molar-refractivity contribution in [2.45, 2.75) is 37.5 Å². The van der Waals surface area contributed by atoms with Crippen molar-refractivity contribution < 1.29 is 38.4 Å². The number of esters is 2. The fraction of sp³-hybridized carbons (Fsp3) is 0.455. The normalized spacial score (nSPS) is 26.8. The molecule has 3 heterocycles. The van der Waals surface area contributed by atoms with Crippen LogP contribution in [-0.2, 0) is 30.2 Å². The SMILES string of the molecule is COC(=O)C1C(OC)C(OC(=O)/C=C/c2ccc(O)c(OC)c2)C[C@H]2CN3CCc4c([nH]c5cc(OC)ccc45)[C@@H]3C[C@H]12. The molecule has 10 nitrogen and oxygen atoms in total. The molecule has 10 heteroatoms. The number of ether oxygens (including phenoxy) is 5. The monoisotopic (exact) mass is 590 g/mol. The molecule has 1 saturated carbocycles. The molecule has 3 aliphatic rings. The molecule has 1 aromatic heterocycles. The first kappa shape index (κ1) is 29.1. The molecule has 0 radical (unpaired) electrons. The highest BCUT2D eigenvalue weighted by Gasteiger charge is 2.54. The summed E-state index contributed by atoms with van der Waals surface area (Å²) in [5, 5.41) is 11.1. The van der Waals surface area contributed by atoms with Crippen molar-refractivity contribution in [3.63, 3.8) is 0 Å². The summed E-state index contributed by atoms with van der Waals surface area (Å²) in [6.45, 7) is 1.70. The molecule has 43 heavy (non-hydrogen) atoms. The fourth-order valence-corrected chi connectivity index (χ4v) is 7.51. The summed E-state index contributed by atoms with van der Waals surface area (Å²) in [6, 6.07) is 11.1. The maximum Gasteiger partial charge on any atom is 0.331 e. The molecule has 3 aromatic rings. The molecule has 0 bridgehead atoms. The molecule has 6 atom stereocenters. The summed E-state index contributed by atoms with van der Waals surface area (Å²) in [5.41, 5.74) is 4.26. The zero-order chi connectivity index (χ0) is 30.2. The number of benzene rings is 2. The van der Waals surface area contributed by atoms with Crippen LogP contribution in [0, 0.1) is 17.8 Å². The van der Waals surface area contributed by atoms with Crippen molar-refractivity contribution in [3.8, 4) is 17.2 Å². The second-order valence-corrected chi connectivity index (χ2v) is 11.6. The standard InChI is InChI=1S/C33H38N2O8/c1-39-20-7-8-21-22-11-12-35-17-19-14-28(43-29(37)10-6-18-5-9-26(36)27(13-18)40-2)32(41-3)30(33(38)42-4)23(19)16-25(35)31(22)34-24(21)15-20/h5-10,13,15,19,23,25,28,30,32,34,36H,11-12,14,16-17H2,1-4H3/b10-6+/t19-,23-,25-,28?,30?,32?/m0/s1. The Morgan fingerprint density at radius 2 is 1.88 bits per heavy atom. The molecule has 0 amide bonds. The Balaban J connectivity index is 1.24. The molecular weight excluding hydrogens is 552 g/mol. The number of H-pyrrole nitrogens is 1. The summed E-state index contributed by atoms with van der Waals surface area (Å²) in [7, 11) is 6.08. The van der Waals surface area contributed by atoms with Gasteiger partial charge in [-0.05, 0) is 72.6 Å². The predicted octanol–water partition coefficient (Wildman–Crippen LogP) is 4.26. The minimum Gasteiger partial charge on any atom is -0.504 e. The third-order valence-electron chi connectivity index (χ3n) is 9.48. The fourth-order valence-electron chi connectivity index (χ4n) is 7.51. The number of carbonyl (C=O) groups is 2. The van der Waals surface area contributed by atoms with E-state index in [1.807, 2.05) is 12.1 Å². The molecule has 2 fully saturated rings. The number of phenolic OH excluding ortho intramolecular Hbond substituents is 1. The van der Waals surface area contributed by atoms with Gasteiger partial charge in [-0.1, -0.05) is 6.07 Å². The maximum absolute atomic E-state index is 13.3. The van der Waals surface area contributed by atoms with Gasteiger partial charge in [0.25, 0.3) is 0 Å². The topological polar surface area (TPSA) is 120 Å². The molecule has 1 saturated heterocycles. The van der Waals surface area contributed by atoms with Gasteiger partial charge < -0.3 is 33.8 Å². The number of hydrogen-bond donors (Lipinski definition) is 2. The van der Waals surface area contributed by atoms with Crippen LogP contribution in [0.15, 0.2) is 42.5 Å². The van der Waals surface area contributed by atoms with E-state index in [2.05, 4.69) is 16.0 Å². The lowest BCUT2D eigenvalue weighted by atomic mass is 9.63. The first-order chi connectivity index (χ1) is 20.8. The average Bonchev–Trinajstić information content (AvgIpc) is 3.40. The van der Waals surface area contributed by atoms with E-state index in [4.69, 9.17) is 23.7 Å². The first-order valence-electron chi connectivity index (χ1n) is 14.6. The highest BCUT2D eigenvalue weighted by molar-refractivity contribution is 5.88. The summed E-state index contributed by atoms with van der Waals surface area (Å²) < 4.78 is 27.7. The van der Waals surface area contributed by atoms with Crippen LogP contribution in [0.5, 0.6) is 17.2 Å². The number of aromatic hydroxyl groups is 1. The van der Waals surface area contributed by atoms with Gasteiger partial charge in [-0.15, -0.1) is 0 Å². The number of piperidine rings is 1. The number of nitrogens with zero attached hydrogens (tertiary/aromatic N) is 1. The van der Waals surface area contributed by atoms with Crippen molar-refractivity contribution in [2.75, 3.05) is 41.5 Å². The average molecular weight is 591 g/mol. The summed E-state index contributed by atoms with van der Waals surface area (Å²) >= 11 is 0. The number of aromatic amines is 1. The Hall–Kier alpha value is -4.02. The van der Waals surface area contributed by atoms with E-state index in [1.165, 1.54) is 43.0 Å². The van der Waals surface area contributed by atoms with Crippen LogP contribution in [0.2, 0.25) is 0 Å². The van der Waals surface area contributed by atoms with Gasteiger partial charge in [0.15, 0.2) is 11.5 Å². The molecular formula is C33H38N2O8. The van der Waals surface area contributed by atoms with Gasteiger partial charge in [-0.3, -0.25) is 9.69 Å². The highest BCUT2D eigenvalue weighted by Crippen LogP contribution is 2.50. The van der Waals surface area contributed by atoms with Crippen LogP contribution in [-0.4, -0.2) is 80.7 Å². The Bertz CT molecular complexity index is 1550. The van der Waals surface area contributed by atoms with E-state index < -0.39 is 24.1 Å². The molecule has 2 N–H and O–H groups in total. The smallest absolute Gasteiger partial charge is 0.331 e. The van der Waals surface area contributed by atoms with Crippen molar-refractivity contribution in [1.29, 1.82) is 0 Å². The second kappa shape index (κ2) is 11.9. The number of methoxy groups -OCH3 is 4. The van der Waals surface area contributed by atoms with Crippen molar-refractivity contribution in [3.05, 3.63) is 59.3 Å². The minimum atomic E-state index is -0.638. The van der Waals surface area contributed by atoms with Gasteiger partial charge in [0.05, 0.1) is 33.3 Å². The Kier molecular flexibility index (Phi) is 8.07. The number of fused-ring (bicyclic) bond motifs is 6. The van der Waals surface area contributed by atoms with Crippen LogP contribution < -0.4 is 9.47 Å². The molecule has 0 spiro atoms. The quantitative estimate of drug-likeness (QED) is 0.307. The van der Waals surface area contributed by atoms with E-state index in [1.54, 1.807) is 32.4 Å². The van der Waals surface area contributed by atoms with E-state index in [-0.39, 0.29) is 29.6 Å². The Morgan fingerprint density at radius 3 is 2.63 bits per heavy atom. The second-order valence-electron chi connectivity index (χ2n) is 11.6. The molecule has 3 unspecified atom stereocenters. The predicted molar refractivity (Wildman–Crippen MR) is 159 cm³/mol. The zero-order valence-corrected chi connectivity index (χ0v) is 24.9. The van der Waals surface area contributed by atoms with Crippen LogP contribution in [0.3, 0.4) is 0 Å². The largest absolute Gasteiger partial charge is 0.504 e. The molecule has 1 aliphatic carbocycles. The summed E-state index contributed by atoms with van der Waals surface area (Å²) in [6.07, 6.45) is 3.98. The van der Waals surface area contributed by atoms with Crippen molar-refractivity contribution in [2.24, 2.45) is 17.8 Å². The van der Waals surface area contributed by atoms with Crippen molar-refractivity contribution in [1.82, 2.24) is 9.88 Å². The number of phenols is 1. The minimum absolute atomic E-state index is 0.000466. The third-order valence-corrected chi connectivity index (χ3v) is 9.48. The van der Waals surface area contributed by atoms with Crippen LogP contribution >= 0.6 is 0 Å². The zero-order valence-electron chi connectivity index (χ0n) is 24.9. The number of carbonyl (C=O) groups excluding carboxylic acids is 2. The van der Waals surface area contributed by atoms with Gasteiger partial charge in [0.1, 0.15) is 18.0 Å². The lowest BCUT2D eigenvalue weighted by molar-refractivity contribution is -0.187. The molecule has 228 valence electrons. The lowest BCUT2D eigenvalue weighted by Crippen LogP contribution is -2.58. The summed E-state index contributed by atoms with van der Waals surface area (Å²) in [5.74, 6) is -0.200. The Morgan fingerprint density at radius 1 is 1.05 bits per heavy atom. The van der Waals surface area contributed by atoms with Gasteiger partial charge in [-0.25, -0.2) is 4.79 Å². The van der Waals surface area contributed by atoms with Gasteiger partial charge in [0, 0.05) is 48.9 Å². The van der Waals surface area contributed by atoms with Crippen LogP contribution in [0.4, 0.5) is 0 Å². The molecule has 2 aliphatic heterocycles. The maximum atomic E-state index is 13.3. The number of hydrogen-bond acceptors (Lipinski definition) is 9. The summed E-state index contributed by atoms with van der Waals surface area (Å²) in [4.78, 5) is 32.5. The van der Waals surface area contributed by atoms with Gasteiger partial charge in [0.2, 0.25) is 0 Å². The number of aromatic nitrogens is 1. The Labute approximate surface area is 250 Å². The van der Waals surface area contributed by atoms with Crippen molar-refractivity contribution >= 4 is 28.9 Å². The van der Waals surface area contributed by atoms with E-state index in [9.17, 15) is 14.7 Å². The lowest BCUT2D eigenvalue weighted by Gasteiger charge is -2.52. The van der Waals surface area contributed by atoms with E-state index >= 15 is 0 Å². The van der Waals surface area contributed by atoms with Gasteiger partial charge in [-0.2, -0.15) is 0 Å². The number of nitrogens with one attached hydrogen (secondary N) is 1. The molecule has 2 aromatic carbocycles. The third kappa shape index (κ3) is 5.34. The number of rotatable bonds is 7. The van der Waals surface area contributed by atoms with Crippen LogP contribution in [0.1, 0.15) is 35.7 Å². The van der Waals surface area contributed by atoms with Gasteiger partial charge >= 0.3 is 11.9 Å².